The van der Waals surface area contributed by atoms with E-state index in [-0.39, 0.29) is 0 Å². The van der Waals surface area contributed by atoms with Gasteiger partial charge in [0.05, 0.1) is 27.4 Å². The topological polar surface area (TPSA) is 43.0 Å². The molecule has 1 heterocycles. The average molecular weight is 308 g/mol. The molecule has 5 heteroatoms. The van der Waals surface area contributed by atoms with E-state index < -0.39 is 0 Å². The van der Waals surface area contributed by atoms with Crippen LogP contribution < -0.4 is 14.8 Å². The Labute approximate surface area is 133 Å². The van der Waals surface area contributed by atoms with Crippen molar-refractivity contribution in [1.29, 1.82) is 0 Å². The number of aryl methyl sites for hydroxylation is 1. The van der Waals surface area contributed by atoms with Gasteiger partial charge in [0.15, 0.2) is 11.5 Å². The van der Waals surface area contributed by atoms with Gasteiger partial charge in [-0.1, -0.05) is 6.07 Å². The number of morpholine rings is 1. The lowest BCUT2D eigenvalue weighted by molar-refractivity contribution is 0.0443. The number of nitrogens with one attached hydrogen (secondary N) is 1. The molecular weight excluding hydrogens is 280 g/mol. The highest BCUT2D eigenvalue weighted by atomic mass is 16.5. The van der Waals surface area contributed by atoms with E-state index >= 15 is 0 Å². The van der Waals surface area contributed by atoms with E-state index in [2.05, 4.69) is 36.4 Å². The van der Waals surface area contributed by atoms with Gasteiger partial charge in [0.2, 0.25) is 0 Å². The molecule has 1 aromatic carbocycles. The SMILES string of the molecule is COc1ccc(CCC(C2COCCN2)N(C)C)cc1OC. The van der Waals surface area contributed by atoms with Gasteiger partial charge in [0.25, 0.3) is 0 Å². The van der Waals surface area contributed by atoms with Crippen LogP contribution >= 0.6 is 0 Å². The van der Waals surface area contributed by atoms with Gasteiger partial charge in [0, 0.05) is 18.6 Å². The highest BCUT2D eigenvalue weighted by Gasteiger charge is 2.25. The zero-order valence-corrected chi connectivity index (χ0v) is 14.1. The maximum Gasteiger partial charge on any atom is 0.160 e. The third-order valence-corrected chi connectivity index (χ3v) is 4.25. The molecule has 0 spiro atoms. The van der Waals surface area contributed by atoms with E-state index in [1.807, 2.05) is 6.07 Å². The van der Waals surface area contributed by atoms with Crippen molar-refractivity contribution in [2.24, 2.45) is 0 Å². The standard InChI is InChI=1S/C17H28N2O3/c1-19(2)15(14-12-22-10-9-18-14)7-5-13-6-8-16(20-3)17(11-13)21-4/h6,8,11,14-15,18H,5,7,9-10,12H2,1-4H3. The van der Waals surface area contributed by atoms with Gasteiger partial charge in [-0.2, -0.15) is 0 Å². The molecule has 5 nitrogen and oxygen atoms in total. The molecule has 1 aliphatic heterocycles. The summed E-state index contributed by atoms with van der Waals surface area (Å²) in [7, 11) is 7.60. The molecule has 22 heavy (non-hydrogen) atoms. The molecule has 0 saturated carbocycles. The van der Waals surface area contributed by atoms with Gasteiger partial charge in [-0.3, -0.25) is 0 Å². The minimum Gasteiger partial charge on any atom is -0.493 e. The minimum absolute atomic E-state index is 0.392. The van der Waals surface area contributed by atoms with Crippen molar-refractivity contribution in [2.75, 3.05) is 48.1 Å². The molecule has 124 valence electrons. The first-order valence-electron chi connectivity index (χ1n) is 7.84. The zero-order valence-electron chi connectivity index (χ0n) is 14.1. The van der Waals surface area contributed by atoms with Crippen LogP contribution in [-0.4, -0.2) is 65.1 Å². The van der Waals surface area contributed by atoms with Crippen LogP contribution in [0.25, 0.3) is 0 Å². The summed E-state index contributed by atoms with van der Waals surface area (Å²) in [4.78, 5) is 2.28. The second-order valence-corrected chi connectivity index (χ2v) is 5.89. The fraction of sp³-hybridized carbons (Fsp3) is 0.647. The Bertz CT molecular complexity index is 459. The molecule has 1 N–H and O–H groups in total. The van der Waals surface area contributed by atoms with E-state index in [0.29, 0.717) is 12.1 Å². The predicted octanol–water partition coefficient (Wildman–Crippen LogP) is 1.56. The minimum atomic E-state index is 0.392. The van der Waals surface area contributed by atoms with Crippen LogP contribution in [0, 0.1) is 0 Å². The Morgan fingerprint density at radius 1 is 1.27 bits per heavy atom. The van der Waals surface area contributed by atoms with Crippen molar-refractivity contribution in [2.45, 2.75) is 24.9 Å². The molecule has 1 saturated heterocycles. The Hall–Kier alpha value is -1.30. The molecule has 1 aliphatic rings. The Morgan fingerprint density at radius 3 is 2.64 bits per heavy atom. The largest absolute Gasteiger partial charge is 0.493 e. The molecular formula is C17H28N2O3. The monoisotopic (exact) mass is 308 g/mol. The Kier molecular flexibility index (Phi) is 6.49. The summed E-state index contributed by atoms with van der Waals surface area (Å²) < 4.78 is 16.3. The molecule has 1 fully saturated rings. The first-order valence-corrected chi connectivity index (χ1v) is 7.84. The molecule has 0 amide bonds. The highest BCUT2D eigenvalue weighted by Crippen LogP contribution is 2.28. The smallest absolute Gasteiger partial charge is 0.160 e. The molecule has 2 unspecified atom stereocenters. The summed E-state index contributed by atoms with van der Waals surface area (Å²) in [5, 5.41) is 3.57. The first kappa shape index (κ1) is 17.1. The second-order valence-electron chi connectivity index (χ2n) is 5.89. The van der Waals surface area contributed by atoms with Gasteiger partial charge in [-0.05, 0) is 44.6 Å². The average Bonchev–Trinajstić information content (AvgIpc) is 2.55. The first-order chi connectivity index (χ1) is 10.7. The quantitative estimate of drug-likeness (QED) is 0.828. The summed E-state index contributed by atoms with van der Waals surface area (Å²) in [6.45, 7) is 2.53. The van der Waals surface area contributed by atoms with E-state index in [9.17, 15) is 0 Å². The van der Waals surface area contributed by atoms with Crippen molar-refractivity contribution in [3.8, 4) is 11.5 Å². The number of hydrogen-bond donors (Lipinski definition) is 1. The number of rotatable bonds is 7. The Balaban J connectivity index is 1.99. The molecule has 0 aliphatic carbocycles. The lowest BCUT2D eigenvalue weighted by Crippen LogP contribution is -2.53. The summed E-state index contributed by atoms with van der Waals surface area (Å²) >= 11 is 0. The number of ether oxygens (including phenoxy) is 3. The number of likely N-dealkylation sites (N-methyl/N-ethyl adjacent to an activating group) is 1. The summed E-state index contributed by atoms with van der Waals surface area (Å²) in [6, 6.07) is 6.99. The molecule has 2 atom stereocenters. The van der Waals surface area contributed by atoms with Crippen molar-refractivity contribution in [3.63, 3.8) is 0 Å². The third-order valence-electron chi connectivity index (χ3n) is 4.25. The van der Waals surface area contributed by atoms with Crippen LogP contribution in [0.2, 0.25) is 0 Å². The second kappa shape index (κ2) is 8.36. The van der Waals surface area contributed by atoms with Crippen LogP contribution in [0.4, 0.5) is 0 Å². The van der Waals surface area contributed by atoms with Crippen LogP contribution in [0.1, 0.15) is 12.0 Å². The van der Waals surface area contributed by atoms with Crippen LogP contribution in [0.3, 0.4) is 0 Å². The number of hydrogen-bond acceptors (Lipinski definition) is 5. The third kappa shape index (κ3) is 4.35. The van der Waals surface area contributed by atoms with Gasteiger partial charge in [-0.15, -0.1) is 0 Å². The van der Waals surface area contributed by atoms with Gasteiger partial charge >= 0.3 is 0 Å². The van der Waals surface area contributed by atoms with Crippen molar-refractivity contribution >= 4 is 0 Å². The van der Waals surface area contributed by atoms with E-state index in [0.717, 1.165) is 44.1 Å². The maximum absolute atomic E-state index is 5.61. The van der Waals surface area contributed by atoms with Crippen LogP contribution in [-0.2, 0) is 11.2 Å². The van der Waals surface area contributed by atoms with Crippen molar-refractivity contribution < 1.29 is 14.2 Å². The molecule has 0 aromatic heterocycles. The van der Waals surface area contributed by atoms with Gasteiger partial charge < -0.3 is 24.4 Å². The lowest BCUT2D eigenvalue weighted by Gasteiger charge is -2.35. The molecule has 1 aromatic rings. The molecule has 0 radical (unpaired) electrons. The Morgan fingerprint density at radius 2 is 2.05 bits per heavy atom. The number of methoxy groups -OCH3 is 2. The van der Waals surface area contributed by atoms with Crippen molar-refractivity contribution in [1.82, 2.24) is 10.2 Å². The maximum atomic E-state index is 5.61. The van der Waals surface area contributed by atoms with Crippen LogP contribution in [0.15, 0.2) is 18.2 Å². The summed E-state index contributed by atoms with van der Waals surface area (Å²) in [5.41, 5.74) is 1.27. The van der Waals surface area contributed by atoms with E-state index in [1.165, 1.54) is 5.56 Å². The van der Waals surface area contributed by atoms with Crippen LogP contribution in [0.5, 0.6) is 11.5 Å². The van der Waals surface area contributed by atoms with Gasteiger partial charge in [-0.25, -0.2) is 0 Å². The zero-order chi connectivity index (χ0) is 15.9. The predicted molar refractivity (Wildman–Crippen MR) is 88.0 cm³/mol. The fourth-order valence-corrected chi connectivity index (χ4v) is 3.00. The summed E-state index contributed by atoms with van der Waals surface area (Å²) in [5.74, 6) is 1.57. The summed E-state index contributed by atoms with van der Waals surface area (Å²) in [6.07, 6.45) is 2.07. The van der Waals surface area contributed by atoms with Crippen molar-refractivity contribution in [3.05, 3.63) is 23.8 Å². The normalized spacial score (nSPS) is 20.0. The number of benzene rings is 1. The molecule has 2 rings (SSSR count). The highest BCUT2D eigenvalue weighted by molar-refractivity contribution is 5.42. The van der Waals surface area contributed by atoms with E-state index in [4.69, 9.17) is 14.2 Å². The lowest BCUT2D eigenvalue weighted by atomic mass is 9.98. The fourth-order valence-electron chi connectivity index (χ4n) is 3.00. The number of nitrogens with zero attached hydrogens (tertiary/aromatic N) is 1. The van der Waals surface area contributed by atoms with E-state index in [1.54, 1.807) is 14.2 Å². The molecule has 0 bridgehead atoms. The van der Waals surface area contributed by atoms with Gasteiger partial charge in [0.1, 0.15) is 0 Å².